The Morgan fingerprint density at radius 1 is 1.54 bits per heavy atom. The highest BCUT2D eigenvalue weighted by Gasteiger charge is 2.06. The number of hydrogen-bond donors (Lipinski definition) is 2. The molecule has 2 aromatic heterocycles. The summed E-state index contributed by atoms with van der Waals surface area (Å²) in [5, 5.41) is 1.20. The Balaban J connectivity index is 2.64. The maximum atomic E-state index is 5.55. The van der Waals surface area contributed by atoms with E-state index >= 15 is 0 Å². The molecule has 0 fully saturated rings. The van der Waals surface area contributed by atoms with Gasteiger partial charge in [-0.2, -0.15) is 0 Å². The summed E-state index contributed by atoms with van der Waals surface area (Å²) in [5.41, 5.74) is 8.98. The smallest absolute Gasteiger partial charge is 0.137 e. The number of nitrogens with zero attached hydrogens (tertiary/aromatic N) is 1. The molecule has 0 amide bonds. The number of hydrogen-bond acceptors (Lipinski definition) is 2. The third kappa shape index (κ3) is 1.31. The predicted molar refractivity (Wildman–Crippen MR) is 53.6 cm³/mol. The van der Waals surface area contributed by atoms with Crippen molar-refractivity contribution in [2.75, 3.05) is 6.54 Å². The highest BCUT2D eigenvalue weighted by Crippen LogP contribution is 2.19. The minimum absolute atomic E-state index is 0.683. The molecule has 3 nitrogen and oxygen atoms in total. The van der Waals surface area contributed by atoms with E-state index in [2.05, 4.69) is 23.0 Å². The van der Waals surface area contributed by atoms with E-state index in [-0.39, 0.29) is 0 Å². The summed E-state index contributed by atoms with van der Waals surface area (Å²) in [5.74, 6) is 0. The third-order valence-electron chi connectivity index (χ3n) is 2.29. The second-order valence-electron chi connectivity index (χ2n) is 3.17. The highest BCUT2D eigenvalue weighted by atomic mass is 14.9. The van der Waals surface area contributed by atoms with Gasteiger partial charge < -0.3 is 10.7 Å². The quantitative estimate of drug-likeness (QED) is 0.724. The van der Waals surface area contributed by atoms with Crippen molar-refractivity contribution in [1.82, 2.24) is 9.97 Å². The predicted octanol–water partition coefficient (Wildman–Crippen LogP) is 1.37. The number of nitrogens with two attached hydrogens (primary N) is 1. The molecular formula is C10H13N3. The summed E-state index contributed by atoms with van der Waals surface area (Å²) in [6, 6.07) is 4.03. The summed E-state index contributed by atoms with van der Waals surface area (Å²) in [7, 11) is 0. The van der Waals surface area contributed by atoms with Gasteiger partial charge in [0.25, 0.3) is 0 Å². The van der Waals surface area contributed by atoms with Crippen molar-refractivity contribution in [3.8, 4) is 0 Å². The van der Waals surface area contributed by atoms with Gasteiger partial charge in [-0.1, -0.05) is 0 Å². The van der Waals surface area contributed by atoms with E-state index in [1.165, 1.54) is 16.6 Å². The first-order valence-electron chi connectivity index (χ1n) is 4.45. The van der Waals surface area contributed by atoms with Crippen LogP contribution in [0.15, 0.2) is 18.3 Å². The second-order valence-corrected chi connectivity index (χ2v) is 3.17. The monoisotopic (exact) mass is 175 g/mol. The van der Waals surface area contributed by atoms with E-state index in [9.17, 15) is 0 Å². The number of pyridine rings is 1. The standard InChI is InChI=1S/C10H13N3/c1-7-8(4-5-11)9-3-2-6-12-10(9)13-7/h2-3,6H,4-5,11H2,1H3,(H,12,13). The molecule has 3 heteroatoms. The number of fused-ring (bicyclic) bond motifs is 1. The van der Waals surface area contributed by atoms with E-state index in [1.807, 2.05) is 6.07 Å². The van der Waals surface area contributed by atoms with Gasteiger partial charge in [0.15, 0.2) is 0 Å². The van der Waals surface area contributed by atoms with E-state index in [0.29, 0.717) is 6.54 Å². The summed E-state index contributed by atoms with van der Waals surface area (Å²) in [4.78, 5) is 7.49. The Bertz CT molecular complexity index is 417. The second kappa shape index (κ2) is 3.18. The van der Waals surface area contributed by atoms with E-state index < -0.39 is 0 Å². The maximum Gasteiger partial charge on any atom is 0.137 e. The van der Waals surface area contributed by atoms with Gasteiger partial charge in [-0.3, -0.25) is 0 Å². The Morgan fingerprint density at radius 2 is 2.38 bits per heavy atom. The zero-order valence-electron chi connectivity index (χ0n) is 7.67. The molecule has 3 N–H and O–H groups in total. The molecule has 0 aliphatic carbocycles. The van der Waals surface area contributed by atoms with Crippen LogP contribution in [0.25, 0.3) is 11.0 Å². The first-order chi connectivity index (χ1) is 6.33. The van der Waals surface area contributed by atoms with Crippen LogP contribution in [0.1, 0.15) is 11.3 Å². The first-order valence-corrected chi connectivity index (χ1v) is 4.45. The fraction of sp³-hybridized carbons (Fsp3) is 0.300. The molecule has 0 spiro atoms. The topological polar surface area (TPSA) is 54.7 Å². The van der Waals surface area contributed by atoms with Crippen LogP contribution in [-0.4, -0.2) is 16.5 Å². The lowest BCUT2D eigenvalue weighted by Gasteiger charge is -1.96. The molecular weight excluding hydrogens is 162 g/mol. The van der Waals surface area contributed by atoms with Crippen molar-refractivity contribution in [3.05, 3.63) is 29.6 Å². The van der Waals surface area contributed by atoms with Crippen LogP contribution in [0.3, 0.4) is 0 Å². The molecule has 2 rings (SSSR count). The molecule has 0 aromatic carbocycles. The van der Waals surface area contributed by atoms with E-state index in [4.69, 9.17) is 5.73 Å². The molecule has 68 valence electrons. The number of aromatic amines is 1. The molecule has 0 saturated heterocycles. The van der Waals surface area contributed by atoms with Gasteiger partial charge in [0, 0.05) is 17.3 Å². The molecule has 2 aromatic rings. The normalized spacial score (nSPS) is 10.9. The lowest BCUT2D eigenvalue weighted by Crippen LogP contribution is -2.03. The molecule has 13 heavy (non-hydrogen) atoms. The van der Waals surface area contributed by atoms with Gasteiger partial charge in [0.1, 0.15) is 5.65 Å². The highest BCUT2D eigenvalue weighted by molar-refractivity contribution is 5.81. The fourth-order valence-corrected chi connectivity index (χ4v) is 1.67. The van der Waals surface area contributed by atoms with Crippen molar-refractivity contribution < 1.29 is 0 Å². The number of nitrogens with one attached hydrogen (secondary N) is 1. The van der Waals surface area contributed by atoms with Crippen molar-refractivity contribution in [2.24, 2.45) is 5.73 Å². The van der Waals surface area contributed by atoms with Crippen molar-refractivity contribution in [2.45, 2.75) is 13.3 Å². The SMILES string of the molecule is Cc1[nH]c2ncccc2c1CCN. The molecule has 0 unspecified atom stereocenters. The minimum atomic E-state index is 0.683. The van der Waals surface area contributed by atoms with Crippen LogP contribution in [0.4, 0.5) is 0 Å². The average Bonchev–Trinajstić information content (AvgIpc) is 2.44. The Morgan fingerprint density at radius 3 is 3.15 bits per heavy atom. The Hall–Kier alpha value is -1.35. The van der Waals surface area contributed by atoms with E-state index in [0.717, 1.165) is 12.1 Å². The van der Waals surface area contributed by atoms with Gasteiger partial charge in [-0.05, 0) is 37.6 Å². The lowest BCUT2D eigenvalue weighted by atomic mass is 10.1. The van der Waals surface area contributed by atoms with Crippen LogP contribution in [0, 0.1) is 6.92 Å². The summed E-state index contributed by atoms with van der Waals surface area (Å²) < 4.78 is 0. The zero-order chi connectivity index (χ0) is 9.26. The van der Waals surface area contributed by atoms with E-state index in [1.54, 1.807) is 6.20 Å². The minimum Gasteiger partial charge on any atom is -0.343 e. The van der Waals surface area contributed by atoms with Crippen molar-refractivity contribution in [1.29, 1.82) is 0 Å². The largest absolute Gasteiger partial charge is 0.343 e. The number of aryl methyl sites for hydroxylation is 1. The van der Waals surface area contributed by atoms with Gasteiger partial charge in [0.2, 0.25) is 0 Å². The first kappa shape index (κ1) is 8.26. The van der Waals surface area contributed by atoms with Crippen LogP contribution in [0.5, 0.6) is 0 Å². The molecule has 0 radical (unpaired) electrons. The maximum absolute atomic E-state index is 5.55. The summed E-state index contributed by atoms with van der Waals surface area (Å²) in [6.45, 7) is 2.75. The average molecular weight is 175 g/mol. The summed E-state index contributed by atoms with van der Waals surface area (Å²) in [6.07, 6.45) is 2.71. The fourth-order valence-electron chi connectivity index (χ4n) is 1.67. The molecule has 0 aliphatic heterocycles. The van der Waals surface area contributed by atoms with Crippen molar-refractivity contribution in [3.63, 3.8) is 0 Å². The Kier molecular flexibility index (Phi) is 2.02. The number of rotatable bonds is 2. The van der Waals surface area contributed by atoms with Crippen LogP contribution in [-0.2, 0) is 6.42 Å². The molecule has 0 saturated carbocycles. The zero-order valence-corrected chi connectivity index (χ0v) is 7.67. The summed E-state index contributed by atoms with van der Waals surface area (Å²) >= 11 is 0. The molecule has 0 aliphatic rings. The van der Waals surface area contributed by atoms with Gasteiger partial charge in [-0.15, -0.1) is 0 Å². The van der Waals surface area contributed by atoms with Crippen LogP contribution in [0.2, 0.25) is 0 Å². The molecule has 2 heterocycles. The van der Waals surface area contributed by atoms with Crippen LogP contribution < -0.4 is 5.73 Å². The van der Waals surface area contributed by atoms with Gasteiger partial charge in [-0.25, -0.2) is 4.98 Å². The third-order valence-corrected chi connectivity index (χ3v) is 2.29. The van der Waals surface area contributed by atoms with Crippen molar-refractivity contribution >= 4 is 11.0 Å². The number of aromatic nitrogens is 2. The van der Waals surface area contributed by atoms with Gasteiger partial charge in [0.05, 0.1) is 0 Å². The van der Waals surface area contributed by atoms with Gasteiger partial charge >= 0.3 is 0 Å². The van der Waals surface area contributed by atoms with Crippen LogP contribution >= 0.6 is 0 Å². The Labute approximate surface area is 77.0 Å². The molecule has 0 atom stereocenters. The lowest BCUT2D eigenvalue weighted by molar-refractivity contribution is 0.963. The molecule has 0 bridgehead atoms. The number of H-pyrrole nitrogens is 1.